The molecule has 0 heterocycles. The summed E-state index contributed by atoms with van der Waals surface area (Å²) in [4.78, 5) is 0. The second-order valence-corrected chi connectivity index (χ2v) is 4.73. The van der Waals surface area contributed by atoms with Crippen molar-refractivity contribution in [1.82, 2.24) is 0 Å². The van der Waals surface area contributed by atoms with Crippen LogP contribution >= 0.6 is 0 Å². The Morgan fingerprint density at radius 3 is 2.38 bits per heavy atom. The van der Waals surface area contributed by atoms with E-state index < -0.39 is 22.9 Å². The zero-order valence-corrected chi connectivity index (χ0v) is 9.77. The highest BCUT2D eigenvalue weighted by atomic mass is 32.2. The molecular weight excluding hydrogens is 245 g/mol. The highest BCUT2D eigenvalue weighted by Crippen LogP contribution is 2.16. The molecule has 0 aliphatic carbocycles. The van der Waals surface area contributed by atoms with Crippen molar-refractivity contribution in [2.75, 3.05) is 6.61 Å². The minimum Gasteiger partial charge on any atom is -0.257 e. The lowest BCUT2D eigenvalue weighted by molar-refractivity contribution is -0.152. The molecule has 0 radical (unpaired) electrons. The maximum absolute atomic E-state index is 11.7. The molecule has 0 aliphatic heterocycles. The van der Waals surface area contributed by atoms with E-state index in [1.165, 1.54) is 6.08 Å². The SMILES string of the molecule is CCCCC/C=C/S(=O)(=O)OCC(F)(F)F. The van der Waals surface area contributed by atoms with Gasteiger partial charge in [-0.25, -0.2) is 0 Å². The van der Waals surface area contributed by atoms with Gasteiger partial charge in [0.1, 0.15) is 0 Å². The van der Waals surface area contributed by atoms with Gasteiger partial charge in [-0.1, -0.05) is 25.8 Å². The Balaban J connectivity index is 3.96. The third kappa shape index (κ3) is 9.97. The summed E-state index contributed by atoms with van der Waals surface area (Å²) in [6.45, 7) is 0.210. The molecule has 0 rings (SSSR count). The second-order valence-electron chi connectivity index (χ2n) is 3.24. The zero-order chi connectivity index (χ0) is 12.7. The van der Waals surface area contributed by atoms with Crippen LogP contribution in [0.1, 0.15) is 32.6 Å². The summed E-state index contributed by atoms with van der Waals surface area (Å²) in [6, 6.07) is 0. The summed E-state index contributed by atoms with van der Waals surface area (Å²) in [5.74, 6) is 0. The van der Waals surface area contributed by atoms with Gasteiger partial charge in [0.2, 0.25) is 0 Å². The number of rotatable bonds is 7. The maximum Gasteiger partial charge on any atom is 0.413 e. The van der Waals surface area contributed by atoms with Crippen molar-refractivity contribution in [3.05, 3.63) is 11.5 Å². The molecule has 7 heteroatoms. The molecule has 0 saturated heterocycles. The number of hydrogen-bond donors (Lipinski definition) is 0. The Hall–Kier alpha value is -0.560. The van der Waals surface area contributed by atoms with Gasteiger partial charge in [-0.3, -0.25) is 4.18 Å². The van der Waals surface area contributed by atoms with Crippen LogP contribution < -0.4 is 0 Å². The average Bonchev–Trinajstić information content (AvgIpc) is 2.14. The van der Waals surface area contributed by atoms with E-state index in [4.69, 9.17) is 0 Å². The Kier molecular flexibility index (Phi) is 6.66. The lowest BCUT2D eigenvalue weighted by atomic mass is 10.2. The second kappa shape index (κ2) is 6.90. The fourth-order valence-corrected chi connectivity index (χ4v) is 1.63. The lowest BCUT2D eigenvalue weighted by Gasteiger charge is -2.05. The van der Waals surface area contributed by atoms with Crippen LogP contribution in [0.15, 0.2) is 11.5 Å². The first kappa shape index (κ1) is 15.4. The van der Waals surface area contributed by atoms with E-state index in [0.29, 0.717) is 11.8 Å². The van der Waals surface area contributed by atoms with Crippen LogP contribution in [-0.2, 0) is 14.3 Å². The normalized spacial score (nSPS) is 13.5. The number of allylic oxidation sites excluding steroid dienone is 1. The fraction of sp³-hybridized carbons (Fsp3) is 0.778. The first-order chi connectivity index (χ1) is 7.27. The minimum absolute atomic E-state index is 0.516. The van der Waals surface area contributed by atoms with Gasteiger partial charge in [-0.15, -0.1) is 0 Å². The number of alkyl halides is 3. The molecule has 0 aliphatic rings. The number of unbranched alkanes of at least 4 members (excludes halogenated alkanes) is 3. The van der Waals surface area contributed by atoms with E-state index in [2.05, 4.69) is 4.18 Å². The first-order valence-corrected chi connectivity index (χ1v) is 6.36. The largest absolute Gasteiger partial charge is 0.413 e. The molecule has 0 N–H and O–H groups in total. The highest BCUT2D eigenvalue weighted by Gasteiger charge is 2.30. The van der Waals surface area contributed by atoms with Crippen LogP contribution in [0, 0.1) is 0 Å². The minimum atomic E-state index is -4.64. The van der Waals surface area contributed by atoms with Crippen LogP contribution in [0.25, 0.3) is 0 Å². The molecule has 0 spiro atoms. The van der Waals surface area contributed by atoms with Crippen molar-refractivity contribution in [3.8, 4) is 0 Å². The Bertz CT molecular complexity index is 306. The molecule has 96 valence electrons. The topological polar surface area (TPSA) is 43.4 Å². The molecular formula is C9H15F3O3S. The predicted molar refractivity (Wildman–Crippen MR) is 54.2 cm³/mol. The zero-order valence-electron chi connectivity index (χ0n) is 8.96. The summed E-state index contributed by atoms with van der Waals surface area (Å²) in [7, 11) is -4.20. The van der Waals surface area contributed by atoms with Crippen LogP contribution in [-0.4, -0.2) is 21.2 Å². The van der Waals surface area contributed by atoms with Gasteiger partial charge in [0.25, 0.3) is 10.1 Å². The van der Waals surface area contributed by atoms with Crippen molar-refractivity contribution in [2.24, 2.45) is 0 Å². The van der Waals surface area contributed by atoms with Crippen molar-refractivity contribution in [3.63, 3.8) is 0 Å². The summed E-state index contributed by atoms with van der Waals surface area (Å²) >= 11 is 0. The first-order valence-electron chi connectivity index (χ1n) is 4.89. The molecule has 0 atom stereocenters. The monoisotopic (exact) mass is 260 g/mol. The van der Waals surface area contributed by atoms with E-state index in [0.717, 1.165) is 19.3 Å². The van der Waals surface area contributed by atoms with Gasteiger partial charge in [0.05, 0.1) is 5.41 Å². The fourth-order valence-electron chi connectivity index (χ4n) is 0.886. The van der Waals surface area contributed by atoms with E-state index in [1.54, 1.807) is 0 Å². The van der Waals surface area contributed by atoms with Gasteiger partial charge >= 0.3 is 6.18 Å². The van der Waals surface area contributed by atoms with Crippen LogP contribution in [0.3, 0.4) is 0 Å². The Morgan fingerprint density at radius 1 is 1.25 bits per heavy atom. The third-order valence-corrected chi connectivity index (χ3v) is 2.60. The average molecular weight is 260 g/mol. The van der Waals surface area contributed by atoms with Gasteiger partial charge in [-0.2, -0.15) is 21.6 Å². The third-order valence-electron chi connectivity index (χ3n) is 1.62. The molecule has 0 aromatic rings. The standard InChI is InChI=1S/C9H15F3O3S/c1-2-3-4-5-6-7-16(13,14)15-8-9(10,11)12/h6-7H,2-5,8H2,1H3/b7-6+. The van der Waals surface area contributed by atoms with Crippen molar-refractivity contribution < 1.29 is 25.8 Å². The maximum atomic E-state index is 11.7. The Morgan fingerprint density at radius 2 is 1.88 bits per heavy atom. The van der Waals surface area contributed by atoms with Crippen molar-refractivity contribution in [2.45, 2.75) is 38.8 Å². The van der Waals surface area contributed by atoms with Gasteiger partial charge < -0.3 is 0 Å². The molecule has 0 saturated carbocycles. The molecule has 0 unspecified atom stereocenters. The molecule has 3 nitrogen and oxygen atoms in total. The quantitative estimate of drug-likeness (QED) is 0.522. The summed E-state index contributed by atoms with van der Waals surface area (Å²) in [5, 5.41) is 0.675. The van der Waals surface area contributed by atoms with E-state index >= 15 is 0 Å². The number of hydrogen-bond acceptors (Lipinski definition) is 3. The van der Waals surface area contributed by atoms with E-state index in [-0.39, 0.29) is 0 Å². The lowest BCUT2D eigenvalue weighted by Crippen LogP contribution is -2.19. The summed E-state index contributed by atoms with van der Waals surface area (Å²) in [5.41, 5.74) is 0. The van der Waals surface area contributed by atoms with E-state index in [1.807, 2.05) is 6.92 Å². The molecule has 0 aromatic carbocycles. The summed E-state index contributed by atoms with van der Waals surface area (Å²) in [6.07, 6.45) is -0.0618. The van der Waals surface area contributed by atoms with Crippen LogP contribution in [0.5, 0.6) is 0 Å². The van der Waals surface area contributed by atoms with Gasteiger partial charge in [-0.05, 0) is 12.8 Å². The van der Waals surface area contributed by atoms with Crippen molar-refractivity contribution in [1.29, 1.82) is 0 Å². The van der Waals surface area contributed by atoms with Gasteiger partial charge in [0.15, 0.2) is 6.61 Å². The number of halogens is 3. The summed E-state index contributed by atoms with van der Waals surface area (Å²) < 4.78 is 60.5. The van der Waals surface area contributed by atoms with E-state index in [9.17, 15) is 21.6 Å². The molecule has 0 aromatic heterocycles. The molecule has 0 amide bonds. The van der Waals surface area contributed by atoms with Crippen molar-refractivity contribution >= 4 is 10.1 Å². The molecule has 0 bridgehead atoms. The smallest absolute Gasteiger partial charge is 0.257 e. The van der Waals surface area contributed by atoms with Gasteiger partial charge in [0, 0.05) is 0 Å². The molecule has 16 heavy (non-hydrogen) atoms. The van der Waals surface area contributed by atoms with Crippen LogP contribution in [0.4, 0.5) is 13.2 Å². The highest BCUT2D eigenvalue weighted by molar-refractivity contribution is 7.89. The predicted octanol–water partition coefficient (Wildman–Crippen LogP) is 2.99. The Labute approximate surface area is 93.4 Å². The molecule has 0 fully saturated rings. The van der Waals surface area contributed by atoms with Crippen LogP contribution in [0.2, 0.25) is 0 Å².